The van der Waals surface area contributed by atoms with Crippen molar-refractivity contribution in [1.82, 2.24) is 9.80 Å². The molecule has 2 aromatic carbocycles. The van der Waals surface area contributed by atoms with Crippen molar-refractivity contribution >= 4 is 5.91 Å². The summed E-state index contributed by atoms with van der Waals surface area (Å²) in [7, 11) is 0. The van der Waals surface area contributed by atoms with Crippen LogP contribution in [0.3, 0.4) is 0 Å². The first-order chi connectivity index (χ1) is 15.8. The molecule has 0 N–H and O–H groups in total. The smallest absolute Gasteiger partial charge is 0.226 e. The van der Waals surface area contributed by atoms with E-state index in [-0.39, 0.29) is 5.92 Å². The van der Waals surface area contributed by atoms with Gasteiger partial charge in [-0.1, -0.05) is 61.7 Å². The number of carbonyl (C=O) groups is 1. The van der Waals surface area contributed by atoms with Gasteiger partial charge in [0.15, 0.2) is 0 Å². The number of benzene rings is 2. The molecule has 5 nitrogen and oxygen atoms in total. The summed E-state index contributed by atoms with van der Waals surface area (Å²) in [6.07, 6.45) is 5.69. The Balaban J connectivity index is 1.40. The van der Waals surface area contributed by atoms with E-state index in [0.29, 0.717) is 19.1 Å². The predicted molar refractivity (Wildman–Crippen MR) is 126 cm³/mol. The van der Waals surface area contributed by atoms with Crippen LogP contribution in [0, 0.1) is 5.92 Å². The normalized spacial score (nSPS) is 17.8. The number of hydrogen-bond donors (Lipinski definition) is 0. The number of nitrogens with zero attached hydrogens (tertiary/aromatic N) is 2. The molecule has 2 aliphatic rings. The molecule has 5 heteroatoms. The molecule has 0 radical (unpaired) electrons. The molecule has 2 fully saturated rings. The molecule has 0 aromatic heterocycles. The molecule has 1 saturated heterocycles. The molecule has 2 aromatic rings. The molecule has 1 aliphatic carbocycles. The standard InChI is InChI=1S/C27H36N2O3/c30-27(25-11-5-2-6-12-25)29(15-14-28-16-18-31-19-17-28)21-24-10-7-13-26(20-24)32-22-23-8-3-1-4-9-23/h1,3-4,7-10,13,20,25H,2,5-6,11-12,14-19,21-22H2. The molecule has 1 amide bonds. The average Bonchev–Trinajstić information content (AvgIpc) is 2.87. The van der Waals surface area contributed by atoms with Gasteiger partial charge in [-0.15, -0.1) is 0 Å². The van der Waals surface area contributed by atoms with Gasteiger partial charge in [-0.2, -0.15) is 0 Å². The van der Waals surface area contributed by atoms with E-state index in [1.165, 1.54) is 19.3 Å². The van der Waals surface area contributed by atoms with Crippen LogP contribution in [-0.4, -0.2) is 55.1 Å². The molecule has 4 rings (SSSR count). The highest BCUT2D eigenvalue weighted by Gasteiger charge is 2.26. The Bertz CT molecular complexity index is 830. The second-order valence-corrected chi connectivity index (χ2v) is 8.97. The van der Waals surface area contributed by atoms with Crippen molar-refractivity contribution in [2.75, 3.05) is 39.4 Å². The first-order valence-corrected chi connectivity index (χ1v) is 12.1. The zero-order valence-electron chi connectivity index (χ0n) is 19.1. The summed E-state index contributed by atoms with van der Waals surface area (Å²) >= 11 is 0. The Morgan fingerprint density at radius 1 is 0.969 bits per heavy atom. The van der Waals surface area contributed by atoms with Crippen LogP contribution < -0.4 is 4.74 Å². The third-order valence-electron chi connectivity index (χ3n) is 6.58. The molecule has 0 spiro atoms. The molecule has 0 unspecified atom stereocenters. The van der Waals surface area contributed by atoms with Crippen molar-refractivity contribution in [3.05, 3.63) is 65.7 Å². The van der Waals surface area contributed by atoms with Crippen LogP contribution in [0.2, 0.25) is 0 Å². The van der Waals surface area contributed by atoms with Gasteiger partial charge in [0.05, 0.1) is 13.2 Å². The number of amides is 1. The number of carbonyl (C=O) groups excluding carboxylic acids is 1. The maximum atomic E-state index is 13.4. The minimum Gasteiger partial charge on any atom is -0.489 e. The Labute approximate surface area is 192 Å². The van der Waals surface area contributed by atoms with Crippen molar-refractivity contribution in [2.24, 2.45) is 5.92 Å². The monoisotopic (exact) mass is 436 g/mol. The van der Waals surface area contributed by atoms with Crippen LogP contribution in [-0.2, 0) is 22.7 Å². The quantitative estimate of drug-likeness (QED) is 0.580. The lowest BCUT2D eigenvalue weighted by atomic mass is 9.88. The largest absolute Gasteiger partial charge is 0.489 e. The third kappa shape index (κ3) is 6.81. The summed E-state index contributed by atoms with van der Waals surface area (Å²) in [6, 6.07) is 18.4. The summed E-state index contributed by atoms with van der Waals surface area (Å²) in [5.41, 5.74) is 2.28. The van der Waals surface area contributed by atoms with Crippen molar-refractivity contribution in [2.45, 2.75) is 45.3 Å². The molecule has 0 atom stereocenters. The van der Waals surface area contributed by atoms with Gasteiger partial charge >= 0.3 is 0 Å². The van der Waals surface area contributed by atoms with Gasteiger partial charge in [-0.05, 0) is 36.1 Å². The van der Waals surface area contributed by atoms with Crippen LogP contribution in [0.5, 0.6) is 5.75 Å². The van der Waals surface area contributed by atoms with Gasteiger partial charge < -0.3 is 14.4 Å². The predicted octanol–water partition coefficient (Wildman–Crippen LogP) is 4.51. The average molecular weight is 437 g/mol. The van der Waals surface area contributed by atoms with E-state index in [1.54, 1.807) is 0 Å². The van der Waals surface area contributed by atoms with E-state index < -0.39 is 0 Å². The Morgan fingerprint density at radius 2 is 1.72 bits per heavy atom. The minimum atomic E-state index is 0.186. The van der Waals surface area contributed by atoms with E-state index in [4.69, 9.17) is 9.47 Å². The highest BCUT2D eigenvalue weighted by molar-refractivity contribution is 5.79. The molecule has 1 saturated carbocycles. The number of hydrogen-bond acceptors (Lipinski definition) is 4. The summed E-state index contributed by atoms with van der Waals surface area (Å²) in [5, 5.41) is 0. The molecular formula is C27H36N2O3. The Hall–Kier alpha value is -2.37. The van der Waals surface area contributed by atoms with Crippen molar-refractivity contribution in [3.8, 4) is 5.75 Å². The first-order valence-electron chi connectivity index (χ1n) is 12.1. The van der Waals surface area contributed by atoms with Crippen LogP contribution in [0.1, 0.15) is 43.2 Å². The zero-order chi connectivity index (χ0) is 22.0. The van der Waals surface area contributed by atoms with Gasteiger partial charge in [-0.3, -0.25) is 9.69 Å². The van der Waals surface area contributed by atoms with Gasteiger partial charge in [0.1, 0.15) is 12.4 Å². The van der Waals surface area contributed by atoms with E-state index >= 15 is 0 Å². The SMILES string of the molecule is O=C(C1CCCCC1)N(CCN1CCOCC1)Cc1cccc(OCc2ccccc2)c1. The molecule has 1 aliphatic heterocycles. The lowest BCUT2D eigenvalue weighted by Crippen LogP contribution is -2.44. The number of morpholine rings is 1. The number of rotatable bonds is 9. The molecule has 32 heavy (non-hydrogen) atoms. The maximum Gasteiger partial charge on any atom is 0.226 e. The Morgan fingerprint density at radius 3 is 2.50 bits per heavy atom. The van der Waals surface area contributed by atoms with E-state index in [0.717, 1.165) is 69.1 Å². The highest BCUT2D eigenvalue weighted by atomic mass is 16.5. The van der Waals surface area contributed by atoms with Crippen LogP contribution in [0.4, 0.5) is 0 Å². The van der Waals surface area contributed by atoms with Crippen molar-refractivity contribution in [3.63, 3.8) is 0 Å². The molecule has 1 heterocycles. The van der Waals surface area contributed by atoms with Gasteiger partial charge in [-0.25, -0.2) is 0 Å². The van der Waals surface area contributed by atoms with Gasteiger partial charge in [0.2, 0.25) is 5.91 Å². The van der Waals surface area contributed by atoms with Gasteiger partial charge in [0, 0.05) is 38.6 Å². The minimum absolute atomic E-state index is 0.186. The summed E-state index contributed by atoms with van der Waals surface area (Å²) in [5.74, 6) is 1.36. The maximum absolute atomic E-state index is 13.4. The van der Waals surface area contributed by atoms with Crippen molar-refractivity contribution in [1.29, 1.82) is 0 Å². The fourth-order valence-electron chi connectivity index (χ4n) is 4.66. The fraction of sp³-hybridized carbons (Fsp3) is 0.519. The summed E-state index contributed by atoms with van der Waals surface area (Å²) < 4.78 is 11.5. The van der Waals surface area contributed by atoms with E-state index in [9.17, 15) is 4.79 Å². The second-order valence-electron chi connectivity index (χ2n) is 8.97. The molecular weight excluding hydrogens is 400 g/mol. The van der Waals surface area contributed by atoms with Crippen molar-refractivity contribution < 1.29 is 14.3 Å². The summed E-state index contributed by atoms with van der Waals surface area (Å²) in [6.45, 7) is 6.35. The van der Waals surface area contributed by atoms with Crippen LogP contribution in [0.25, 0.3) is 0 Å². The first kappa shape index (κ1) is 22.8. The summed E-state index contributed by atoms with van der Waals surface area (Å²) in [4.78, 5) is 17.9. The lowest BCUT2D eigenvalue weighted by Gasteiger charge is -2.33. The molecule has 0 bridgehead atoms. The number of ether oxygens (including phenoxy) is 2. The fourth-order valence-corrected chi connectivity index (χ4v) is 4.66. The topological polar surface area (TPSA) is 42.0 Å². The van der Waals surface area contributed by atoms with E-state index in [1.807, 2.05) is 30.3 Å². The Kier molecular flexibility index (Phi) is 8.57. The van der Waals surface area contributed by atoms with Crippen LogP contribution >= 0.6 is 0 Å². The third-order valence-corrected chi connectivity index (χ3v) is 6.58. The van der Waals surface area contributed by atoms with Gasteiger partial charge in [0.25, 0.3) is 0 Å². The zero-order valence-corrected chi connectivity index (χ0v) is 19.1. The lowest BCUT2D eigenvalue weighted by molar-refractivity contribution is -0.137. The highest BCUT2D eigenvalue weighted by Crippen LogP contribution is 2.26. The van der Waals surface area contributed by atoms with E-state index in [2.05, 4.69) is 34.1 Å². The van der Waals surface area contributed by atoms with Crippen LogP contribution in [0.15, 0.2) is 54.6 Å². The second kappa shape index (κ2) is 12.0. The molecule has 172 valence electrons.